The highest BCUT2D eigenvalue weighted by Crippen LogP contribution is 2.13. The largest absolute Gasteiger partial charge is 0.455 e. The van der Waals surface area contributed by atoms with E-state index in [1.807, 2.05) is 30.3 Å². The Balaban J connectivity index is 1.76. The van der Waals surface area contributed by atoms with Crippen molar-refractivity contribution in [2.24, 2.45) is 0 Å². The molecule has 2 aromatic carbocycles. The molecule has 2 rings (SSSR count). The molecule has 0 unspecified atom stereocenters. The number of amides is 1. The molecule has 21 heavy (non-hydrogen) atoms. The second-order valence-electron chi connectivity index (χ2n) is 4.38. The highest BCUT2D eigenvalue weighted by molar-refractivity contribution is 6.30. The normalized spacial score (nSPS) is 9.95. The number of halogens is 1. The molecule has 0 heterocycles. The lowest BCUT2D eigenvalue weighted by Gasteiger charge is -2.06. The summed E-state index contributed by atoms with van der Waals surface area (Å²) in [7, 11) is 0. The quantitative estimate of drug-likeness (QED) is 0.864. The zero-order chi connectivity index (χ0) is 15.1. The van der Waals surface area contributed by atoms with Crippen molar-refractivity contribution in [1.82, 2.24) is 0 Å². The summed E-state index contributed by atoms with van der Waals surface area (Å²) in [6.45, 7) is -0.311. The third-order valence-electron chi connectivity index (χ3n) is 2.68. The van der Waals surface area contributed by atoms with Gasteiger partial charge in [0.15, 0.2) is 6.61 Å². The molecule has 0 fully saturated rings. The molecule has 1 amide bonds. The fourth-order valence-corrected chi connectivity index (χ4v) is 1.82. The number of hydrogen-bond donors (Lipinski definition) is 1. The summed E-state index contributed by atoms with van der Waals surface area (Å²) in [6.07, 6.45) is 0.148. The van der Waals surface area contributed by atoms with Gasteiger partial charge in [0.05, 0.1) is 6.42 Å². The van der Waals surface area contributed by atoms with Gasteiger partial charge in [-0.2, -0.15) is 0 Å². The summed E-state index contributed by atoms with van der Waals surface area (Å²) in [5, 5.41) is 3.20. The molecule has 0 spiro atoms. The van der Waals surface area contributed by atoms with E-state index in [2.05, 4.69) is 5.32 Å². The van der Waals surface area contributed by atoms with E-state index in [1.165, 1.54) is 0 Å². The maximum Gasteiger partial charge on any atom is 0.310 e. The van der Waals surface area contributed by atoms with Crippen LogP contribution in [0.4, 0.5) is 5.69 Å². The number of nitrogens with one attached hydrogen (secondary N) is 1. The van der Waals surface area contributed by atoms with Gasteiger partial charge in [-0.3, -0.25) is 9.59 Å². The molecule has 1 N–H and O–H groups in total. The Morgan fingerprint density at radius 1 is 1.00 bits per heavy atom. The van der Waals surface area contributed by atoms with Gasteiger partial charge >= 0.3 is 5.97 Å². The zero-order valence-electron chi connectivity index (χ0n) is 11.2. The van der Waals surface area contributed by atoms with Crippen LogP contribution in [0.2, 0.25) is 5.02 Å². The molecule has 108 valence electrons. The first-order chi connectivity index (χ1) is 10.1. The lowest BCUT2D eigenvalue weighted by Crippen LogP contribution is -2.21. The lowest BCUT2D eigenvalue weighted by molar-refractivity contribution is -0.146. The summed E-state index contributed by atoms with van der Waals surface area (Å²) in [5.41, 5.74) is 1.45. The Hall–Kier alpha value is -2.33. The van der Waals surface area contributed by atoms with Crippen molar-refractivity contribution in [3.05, 3.63) is 65.2 Å². The third kappa shape index (κ3) is 5.28. The maximum absolute atomic E-state index is 11.6. The van der Waals surface area contributed by atoms with E-state index in [9.17, 15) is 9.59 Å². The molecular weight excluding hydrogens is 290 g/mol. The first-order valence-corrected chi connectivity index (χ1v) is 6.76. The predicted molar refractivity (Wildman–Crippen MR) is 81.2 cm³/mol. The Bertz CT molecular complexity index is 611. The molecule has 0 aromatic heterocycles. The smallest absolute Gasteiger partial charge is 0.310 e. The molecule has 0 aliphatic carbocycles. The molecule has 0 saturated heterocycles. The molecular formula is C16H14ClNO3. The third-order valence-corrected chi connectivity index (χ3v) is 2.94. The van der Waals surface area contributed by atoms with Crippen molar-refractivity contribution in [3.8, 4) is 0 Å². The van der Waals surface area contributed by atoms with E-state index in [1.54, 1.807) is 24.3 Å². The second kappa shape index (κ2) is 7.45. The summed E-state index contributed by atoms with van der Waals surface area (Å²) in [5.74, 6) is -0.828. The molecule has 2 aromatic rings. The lowest BCUT2D eigenvalue weighted by atomic mass is 10.2. The minimum absolute atomic E-state index is 0.148. The van der Waals surface area contributed by atoms with Gasteiger partial charge in [-0.1, -0.05) is 41.9 Å². The van der Waals surface area contributed by atoms with Crippen molar-refractivity contribution in [1.29, 1.82) is 0 Å². The molecule has 0 aliphatic heterocycles. The highest BCUT2D eigenvalue weighted by Gasteiger charge is 2.08. The Labute approximate surface area is 127 Å². The van der Waals surface area contributed by atoms with E-state index in [0.29, 0.717) is 10.7 Å². The first kappa shape index (κ1) is 15.1. The maximum atomic E-state index is 11.6. The number of hydrogen-bond acceptors (Lipinski definition) is 3. The van der Waals surface area contributed by atoms with E-state index in [-0.39, 0.29) is 13.0 Å². The van der Waals surface area contributed by atoms with Crippen LogP contribution in [0, 0.1) is 0 Å². The van der Waals surface area contributed by atoms with Crippen LogP contribution in [0.15, 0.2) is 54.6 Å². The van der Waals surface area contributed by atoms with Gasteiger partial charge in [0.2, 0.25) is 0 Å². The van der Waals surface area contributed by atoms with Crippen LogP contribution in [-0.2, 0) is 20.7 Å². The fourth-order valence-electron chi connectivity index (χ4n) is 1.69. The van der Waals surface area contributed by atoms with Gasteiger partial charge in [0, 0.05) is 10.7 Å². The number of rotatable bonds is 5. The Morgan fingerprint density at radius 3 is 2.33 bits per heavy atom. The number of carbonyl (C=O) groups excluding carboxylic acids is 2. The summed E-state index contributed by atoms with van der Waals surface area (Å²) in [6, 6.07) is 15.9. The van der Waals surface area contributed by atoms with Gasteiger partial charge in [-0.15, -0.1) is 0 Å². The van der Waals surface area contributed by atoms with E-state index in [4.69, 9.17) is 16.3 Å². The molecule has 0 bridgehead atoms. The number of anilines is 1. The molecule has 0 radical (unpaired) electrons. The minimum Gasteiger partial charge on any atom is -0.455 e. The monoisotopic (exact) mass is 303 g/mol. The van der Waals surface area contributed by atoms with Crippen LogP contribution in [0.5, 0.6) is 0 Å². The SMILES string of the molecule is O=C(COC(=O)Cc1ccccc1)Nc1ccc(Cl)cc1. The summed E-state index contributed by atoms with van der Waals surface area (Å²) >= 11 is 5.75. The van der Waals surface area contributed by atoms with Crippen LogP contribution in [0.25, 0.3) is 0 Å². The van der Waals surface area contributed by atoms with Crippen LogP contribution in [-0.4, -0.2) is 18.5 Å². The molecule has 0 saturated carbocycles. The topological polar surface area (TPSA) is 55.4 Å². The van der Waals surface area contributed by atoms with Crippen LogP contribution in [0.1, 0.15) is 5.56 Å². The molecule has 0 atom stereocenters. The van der Waals surface area contributed by atoms with E-state index >= 15 is 0 Å². The summed E-state index contributed by atoms with van der Waals surface area (Å²) < 4.78 is 4.93. The second-order valence-corrected chi connectivity index (χ2v) is 4.81. The molecule has 4 nitrogen and oxygen atoms in total. The van der Waals surface area contributed by atoms with Crippen molar-refractivity contribution in [3.63, 3.8) is 0 Å². The number of ether oxygens (including phenoxy) is 1. The Kier molecular flexibility index (Phi) is 5.35. The first-order valence-electron chi connectivity index (χ1n) is 6.38. The zero-order valence-corrected chi connectivity index (χ0v) is 12.0. The fraction of sp³-hybridized carbons (Fsp3) is 0.125. The Morgan fingerprint density at radius 2 is 1.67 bits per heavy atom. The van der Waals surface area contributed by atoms with Crippen molar-refractivity contribution >= 4 is 29.2 Å². The van der Waals surface area contributed by atoms with Crippen LogP contribution >= 0.6 is 11.6 Å². The van der Waals surface area contributed by atoms with E-state index in [0.717, 1.165) is 5.56 Å². The van der Waals surface area contributed by atoms with Crippen molar-refractivity contribution in [2.45, 2.75) is 6.42 Å². The number of benzene rings is 2. The highest BCUT2D eigenvalue weighted by atomic mass is 35.5. The van der Waals surface area contributed by atoms with Crippen molar-refractivity contribution in [2.75, 3.05) is 11.9 Å². The van der Waals surface area contributed by atoms with Gasteiger partial charge < -0.3 is 10.1 Å². The van der Waals surface area contributed by atoms with Gasteiger partial charge in [0.1, 0.15) is 0 Å². The van der Waals surface area contributed by atoms with Crippen LogP contribution in [0.3, 0.4) is 0 Å². The molecule has 5 heteroatoms. The average Bonchev–Trinajstić information content (AvgIpc) is 2.49. The average molecular weight is 304 g/mol. The minimum atomic E-state index is -0.438. The number of esters is 1. The van der Waals surface area contributed by atoms with Gasteiger partial charge in [0.25, 0.3) is 5.91 Å². The van der Waals surface area contributed by atoms with Gasteiger partial charge in [-0.25, -0.2) is 0 Å². The van der Waals surface area contributed by atoms with Crippen LogP contribution < -0.4 is 5.32 Å². The van der Waals surface area contributed by atoms with Gasteiger partial charge in [-0.05, 0) is 29.8 Å². The molecule has 0 aliphatic rings. The number of carbonyl (C=O) groups is 2. The predicted octanol–water partition coefficient (Wildman–Crippen LogP) is 3.06. The van der Waals surface area contributed by atoms with Crippen molar-refractivity contribution < 1.29 is 14.3 Å². The summed E-state index contributed by atoms with van der Waals surface area (Å²) in [4.78, 5) is 23.2. The standard InChI is InChI=1S/C16H14ClNO3/c17-13-6-8-14(9-7-13)18-15(19)11-21-16(20)10-12-4-2-1-3-5-12/h1-9H,10-11H2,(H,18,19). The van der Waals surface area contributed by atoms with E-state index < -0.39 is 11.9 Å².